The van der Waals surface area contributed by atoms with Gasteiger partial charge in [-0.3, -0.25) is 24.0 Å². The van der Waals surface area contributed by atoms with Crippen LogP contribution in [0.2, 0.25) is 0 Å². The second kappa shape index (κ2) is 16.9. The molecule has 0 saturated heterocycles. The van der Waals surface area contributed by atoms with Crippen LogP contribution in [0.15, 0.2) is 0 Å². The van der Waals surface area contributed by atoms with E-state index in [4.69, 9.17) is 23.7 Å². The van der Waals surface area contributed by atoms with Crippen LogP contribution < -0.4 is 0 Å². The molecule has 0 spiro atoms. The highest BCUT2D eigenvalue weighted by molar-refractivity contribution is 5.94. The van der Waals surface area contributed by atoms with Gasteiger partial charge < -0.3 is 23.7 Å². The third kappa shape index (κ3) is 8.78. The minimum atomic E-state index is -1.47. The van der Waals surface area contributed by atoms with Crippen LogP contribution in [0.25, 0.3) is 0 Å². The molecule has 10 heteroatoms. The Morgan fingerprint density at radius 1 is 0.444 bits per heavy atom. The number of hydrogen-bond donors (Lipinski definition) is 0. The Bertz CT molecular complexity index is 684. The van der Waals surface area contributed by atoms with Crippen molar-refractivity contribution in [3.8, 4) is 0 Å². The van der Waals surface area contributed by atoms with Gasteiger partial charge >= 0.3 is 29.8 Å². The van der Waals surface area contributed by atoms with E-state index in [2.05, 4.69) is 0 Å². The number of carbonyl (C=O) groups is 5. The molecule has 1 fully saturated rings. The summed E-state index contributed by atoms with van der Waals surface area (Å²) >= 11 is 0. The van der Waals surface area contributed by atoms with Gasteiger partial charge in [0, 0.05) is 0 Å². The Kier molecular flexibility index (Phi) is 14.7. The maximum Gasteiger partial charge on any atom is 0.310 e. The van der Waals surface area contributed by atoms with Gasteiger partial charge in [-0.15, -0.1) is 0 Å². The van der Waals surface area contributed by atoms with Crippen LogP contribution in [-0.2, 0) is 47.7 Å². The summed E-state index contributed by atoms with van der Waals surface area (Å²) in [5.41, 5.74) is 0. The van der Waals surface area contributed by atoms with Gasteiger partial charge in [-0.05, 0) is 38.5 Å². The summed E-state index contributed by atoms with van der Waals surface area (Å²) in [7, 11) is 0. The van der Waals surface area contributed by atoms with Crippen LogP contribution in [0.3, 0.4) is 0 Å². The standard InChI is InChI=1S/C26H42O10/c1-6-11-32-22(27)17-16-18(23(28)33-12-7-2)20(25(30)35-14-9-4)21(26(31)36-15-10-5)19(17)24(29)34-13-8-3/h17-21H,6-16H2,1-5H3. The molecule has 0 aliphatic heterocycles. The lowest BCUT2D eigenvalue weighted by Gasteiger charge is -2.41. The minimum Gasteiger partial charge on any atom is -0.465 e. The predicted octanol–water partition coefficient (Wildman–Crippen LogP) is 3.24. The minimum absolute atomic E-state index is 0.0404. The van der Waals surface area contributed by atoms with Crippen molar-refractivity contribution in [2.45, 2.75) is 73.1 Å². The summed E-state index contributed by atoms with van der Waals surface area (Å²) in [4.78, 5) is 66.1. The smallest absolute Gasteiger partial charge is 0.310 e. The molecule has 36 heavy (non-hydrogen) atoms. The number of carbonyl (C=O) groups excluding carboxylic acids is 5. The molecule has 0 radical (unpaired) electrons. The van der Waals surface area contributed by atoms with Crippen LogP contribution in [0.5, 0.6) is 0 Å². The van der Waals surface area contributed by atoms with E-state index in [0.717, 1.165) is 0 Å². The average Bonchev–Trinajstić information content (AvgIpc) is 2.89. The van der Waals surface area contributed by atoms with E-state index in [9.17, 15) is 24.0 Å². The zero-order valence-electron chi connectivity index (χ0n) is 22.2. The van der Waals surface area contributed by atoms with E-state index in [1.165, 1.54) is 0 Å². The highest BCUT2D eigenvalue weighted by atomic mass is 16.6. The molecule has 206 valence electrons. The lowest BCUT2D eigenvalue weighted by Crippen LogP contribution is -2.55. The van der Waals surface area contributed by atoms with Crippen molar-refractivity contribution in [3.63, 3.8) is 0 Å². The van der Waals surface area contributed by atoms with E-state index < -0.39 is 59.4 Å². The molecule has 4 unspecified atom stereocenters. The molecular formula is C26H42O10. The first kappa shape index (κ1) is 31.4. The van der Waals surface area contributed by atoms with Gasteiger partial charge in [-0.2, -0.15) is 0 Å². The Morgan fingerprint density at radius 2 is 0.694 bits per heavy atom. The summed E-state index contributed by atoms with van der Waals surface area (Å²) in [5.74, 6) is -10.6. The molecule has 0 aromatic carbocycles. The molecule has 0 heterocycles. The topological polar surface area (TPSA) is 132 Å². The zero-order valence-corrected chi connectivity index (χ0v) is 22.2. The van der Waals surface area contributed by atoms with E-state index in [0.29, 0.717) is 32.1 Å². The van der Waals surface area contributed by atoms with Crippen LogP contribution in [0.4, 0.5) is 0 Å². The van der Waals surface area contributed by atoms with E-state index in [-0.39, 0.29) is 39.5 Å². The van der Waals surface area contributed by atoms with Gasteiger partial charge in [0.15, 0.2) is 0 Å². The molecular weight excluding hydrogens is 472 g/mol. The SMILES string of the molecule is CCCOC(=O)C1CC(C(=O)OCCC)C(C(=O)OCCC)C(C(=O)OCCC)C1C(=O)OCCC. The van der Waals surface area contributed by atoms with Gasteiger partial charge in [0.25, 0.3) is 0 Å². The molecule has 10 nitrogen and oxygen atoms in total. The summed E-state index contributed by atoms with van der Waals surface area (Å²) in [5, 5.41) is 0. The highest BCUT2D eigenvalue weighted by Crippen LogP contribution is 2.46. The number of esters is 5. The van der Waals surface area contributed by atoms with Gasteiger partial charge in [0.05, 0.1) is 62.6 Å². The first-order valence-corrected chi connectivity index (χ1v) is 13.1. The van der Waals surface area contributed by atoms with E-state index >= 15 is 0 Å². The van der Waals surface area contributed by atoms with Crippen molar-refractivity contribution >= 4 is 29.8 Å². The van der Waals surface area contributed by atoms with Crippen LogP contribution in [0, 0.1) is 29.6 Å². The van der Waals surface area contributed by atoms with Gasteiger partial charge in [-0.25, -0.2) is 0 Å². The lowest BCUT2D eigenvalue weighted by molar-refractivity contribution is -0.188. The van der Waals surface area contributed by atoms with E-state index in [1.54, 1.807) is 20.8 Å². The molecule has 0 aromatic heterocycles. The Morgan fingerprint density at radius 3 is 0.972 bits per heavy atom. The quantitative estimate of drug-likeness (QED) is 0.237. The van der Waals surface area contributed by atoms with Crippen molar-refractivity contribution in [1.29, 1.82) is 0 Å². The molecule has 0 amide bonds. The number of hydrogen-bond acceptors (Lipinski definition) is 10. The Labute approximate surface area is 213 Å². The predicted molar refractivity (Wildman–Crippen MR) is 128 cm³/mol. The van der Waals surface area contributed by atoms with Crippen LogP contribution in [-0.4, -0.2) is 62.9 Å². The normalized spacial score (nSPS) is 23.3. The largest absolute Gasteiger partial charge is 0.465 e. The summed E-state index contributed by atoms with van der Waals surface area (Å²) in [6, 6.07) is 0. The summed E-state index contributed by atoms with van der Waals surface area (Å²) in [6.07, 6.45) is 2.39. The second-order valence-corrected chi connectivity index (χ2v) is 8.86. The summed E-state index contributed by atoms with van der Waals surface area (Å²) < 4.78 is 26.7. The van der Waals surface area contributed by atoms with Crippen molar-refractivity contribution < 1.29 is 47.7 Å². The average molecular weight is 515 g/mol. The van der Waals surface area contributed by atoms with Crippen molar-refractivity contribution in [1.82, 2.24) is 0 Å². The zero-order chi connectivity index (χ0) is 27.1. The molecule has 4 atom stereocenters. The molecule has 1 aliphatic carbocycles. The fourth-order valence-corrected chi connectivity index (χ4v) is 4.21. The fraction of sp³-hybridized carbons (Fsp3) is 0.808. The number of ether oxygens (including phenoxy) is 5. The van der Waals surface area contributed by atoms with Gasteiger partial charge in [0.1, 0.15) is 0 Å². The molecule has 0 N–H and O–H groups in total. The maximum absolute atomic E-state index is 13.4. The highest BCUT2D eigenvalue weighted by Gasteiger charge is 2.60. The first-order chi connectivity index (χ1) is 17.3. The van der Waals surface area contributed by atoms with Crippen LogP contribution >= 0.6 is 0 Å². The fourth-order valence-electron chi connectivity index (χ4n) is 4.21. The van der Waals surface area contributed by atoms with Crippen molar-refractivity contribution in [3.05, 3.63) is 0 Å². The first-order valence-electron chi connectivity index (χ1n) is 13.1. The molecule has 1 rings (SSSR count). The Hall–Kier alpha value is -2.65. The van der Waals surface area contributed by atoms with Crippen molar-refractivity contribution in [2.24, 2.45) is 29.6 Å². The lowest BCUT2D eigenvalue weighted by atomic mass is 9.61. The third-order valence-corrected chi connectivity index (χ3v) is 5.81. The molecule has 0 aromatic rings. The summed E-state index contributed by atoms with van der Waals surface area (Å²) in [6.45, 7) is 9.41. The Balaban J connectivity index is 3.65. The second-order valence-electron chi connectivity index (χ2n) is 8.86. The molecule has 1 saturated carbocycles. The third-order valence-electron chi connectivity index (χ3n) is 5.81. The number of rotatable bonds is 15. The van der Waals surface area contributed by atoms with Gasteiger partial charge in [0.2, 0.25) is 0 Å². The molecule has 1 aliphatic rings. The van der Waals surface area contributed by atoms with Gasteiger partial charge in [-0.1, -0.05) is 34.6 Å². The van der Waals surface area contributed by atoms with Crippen LogP contribution in [0.1, 0.15) is 73.1 Å². The molecule has 0 bridgehead atoms. The maximum atomic E-state index is 13.4. The monoisotopic (exact) mass is 514 g/mol. The van der Waals surface area contributed by atoms with Crippen molar-refractivity contribution in [2.75, 3.05) is 33.0 Å². The van der Waals surface area contributed by atoms with E-state index in [1.807, 2.05) is 13.8 Å².